The normalized spacial score (nSPS) is 21.4. The van der Waals surface area contributed by atoms with Crippen molar-refractivity contribution in [2.75, 3.05) is 19.5 Å². The van der Waals surface area contributed by atoms with Crippen LogP contribution in [0.5, 0.6) is 17.2 Å². The van der Waals surface area contributed by atoms with Crippen LogP contribution in [0.1, 0.15) is 29.8 Å². The highest BCUT2D eigenvalue weighted by Gasteiger charge is 2.50. The Balaban J connectivity index is 1.40. The molecule has 3 aromatic carbocycles. The summed E-state index contributed by atoms with van der Waals surface area (Å²) in [5, 5.41) is 34.2. The minimum absolute atomic E-state index is 0.0654. The van der Waals surface area contributed by atoms with Gasteiger partial charge < -0.3 is 44.0 Å². The van der Waals surface area contributed by atoms with Crippen LogP contribution in [0.2, 0.25) is 0 Å². The molecule has 1 saturated heterocycles. The number of rotatable bonds is 7. The van der Waals surface area contributed by atoms with Crippen LogP contribution in [-0.2, 0) is 9.47 Å². The first-order valence-corrected chi connectivity index (χ1v) is 13.5. The molecule has 0 radical (unpaired) electrons. The van der Waals surface area contributed by atoms with E-state index < -0.39 is 41.7 Å². The Morgan fingerprint density at radius 2 is 1.72 bits per heavy atom. The maximum absolute atomic E-state index is 13.2. The van der Waals surface area contributed by atoms with Crippen LogP contribution in [0, 0.1) is 6.92 Å². The number of phenolic OH excluding ortho intramolecular Hbond substituents is 1. The number of hydrogen-bond donors (Lipinski definition) is 4. The predicted octanol–water partition coefficient (Wildman–Crippen LogP) is 3.99. The van der Waals surface area contributed by atoms with E-state index in [1.807, 2.05) is 0 Å². The number of fused-ring (bicyclic) bond motifs is 1. The molecule has 11 nitrogen and oxygen atoms in total. The minimum atomic E-state index is -1.40. The molecule has 1 fully saturated rings. The number of aliphatic hydroxyl groups excluding tert-OH is 2. The van der Waals surface area contributed by atoms with Crippen LogP contribution in [0.25, 0.3) is 22.1 Å². The van der Waals surface area contributed by atoms with Crippen molar-refractivity contribution in [1.82, 2.24) is 0 Å². The third-order valence-corrected chi connectivity index (χ3v) is 7.51. The van der Waals surface area contributed by atoms with Gasteiger partial charge in [-0.2, -0.15) is 0 Å². The molecule has 43 heavy (non-hydrogen) atoms. The Labute approximate surface area is 247 Å². The number of methoxy groups -OCH3 is 2. The van der Waals surface area contributed by atoms with E-state index in [4.69, 9.17) is 23.4 Å². The summed E-state index contributed by atoms with van der Waals surface area (Å²) < 4.78 is 28.1. The lowest BCUT2D eigenvalue weighted by atomic mass is 9.89. The third kappa shape index (κ3) is 5.80. The average Bonchev–Trinajstić information content (AvgIpc) is 2.97. The first-order valence-electron chi connectivity index (χ1n) is 13.5. The van der Waals surface area contributed by atoms with Gasteiger partial charge in [-0.05, 0) is 74.9 Å². The Morgan fingerprint density at radius 3 is 2.42 bits per heavy atom. The molecule has 0 unspecified atom stereocenters. The number of aryl methyl sites for hydroxylation is 1. The van der Waals surface area contributed by atoms with E-state index in [-0.39, 0.29) is 28.3 Å². The monoisotopic (exact) mass is 591 g/mol. The summed E-state index contributed by atoms with van der Waals surface area (Å²) in [6, 6.07) is 16.1. The first-order chi connectivity index (χ1) is 20.4. The van der Waals surface area contributed by atoms with Gasteiger partial charge in [0.1, 0.15) is 46.8 Å². The number of ether oxygens (including phenoxy) is 4. The summed E-state index contributed by atoms with van der Waals surface area (Å²) in [6.07, 6.45) is -4.65. The third-order valence-electron chi connectivity index (χ3n) is 7.51. The van der Waals surface area contributed by atoms with Crippen LogP contribution >= 0.6 is 0 Å². The lowest BCUT2D eigenvalue weighted by Crippen LogP contribution is -2.63. The molecule has 4 N–H and O–H groups in total. The molecule has 1 amide bonds. The fourth-order valence-corrected chi connectivity index (χ4v) is 5.29. The van der Waals surface area contributed by atoms with Gasteiger partial charge in [0, 0.05) is 29.2 Å². The van der Waals surface area contributed by atoms with E-state index >= 15 is 0 Å². The van der Waals surface area contributed by atoms with Gasteiger partial charge in [0.15, 0.2) is 0 Å². The molecule has 5 rings (SSSR count). The summed E-state index contributed by atoms with van der Waals surface area (Å²) in [4.78, 5) is 26.1. The Bertz CT molecular complexity index is 1730. The Hall–Kier alpha value is -4.42. The molecule has 0 bridgehead atoms. The van der Waals surface area contributed by atoms with Crippen molar-refractivity contribution in [2.24, 2.45) is 0 Å². The van der Waals surface area contributed by atoms with Gasteiger partial charge in [0.25, 0.3) is 5.91 Å². The highest BCUT2D eigenvalue weighted by molar-refractivity contribution is 6.05. The van der Waals surface area contributed by atoms with Gasteiger partial charge in [-0.1, -0.05) is 12.1 Å². The average molecular weight is 592 g/mol. The van der Waals surface area contributed by atoms with Gasteiger partial charge >= 0.3 is 5.63 Å². The quantitative estimate of drug-likeness (QED) is 0.232. The lowest BCUT2D eigenvalue weighted by Gasteiger charge is -2.46. The van der Waals surface area contributed by atoms with Gasteiger partial charge in [-0.3, -0.25) is 4.79 Å². The number of aromatic hydroxyl groups is 1. The van der Waals surface area contributed by atoms with Crippen molar-refractivity contribution < 1.29 is 43.5 Å². The van der Waals surface area contributed by atoms with E-state index in [1.54, 1.807) is 69.3 Å². The Kier molecular flexibility index (Phi) is 8.17. The van der Waals surface area contributed by atoms with Crippen LogP contribution < -0.4 is 20.4 Å². The molecular formula is C32H33NO10. The summed E-state index contributed by atoms with van der Waals surface area (Å²) in [7, 11) is 2.93. The molecule has 4 aromatic rings. The molecule has 1 aliphatic rings. The van der Waals surface area contributed by atoms with Gasteiger partial charge in [0.05, 0.1) is 12.7 Å². The van der Waals surface area contributed by atoms with E-state index in [2.05, 4.69) is 5.32 Å². The molecule has 0 spiro atoms. The maximum atomic E-state index is 13.2. The Morgan fingerprint density at radius 1 is 0.977 bits per heavy atom. The second-order valence-corrected chi connectivity index (χ2v) is 10.8. The molecule has 1 aliphatic heterocycles. The number of aliphatic hydroxyl groups is 2. The van der Waals surface area contributed by atoms with Crippen LogP contribution in [0.3, 0.4) is 0 Å². The van der Waals surface area contributed by atoms with E-state index in [0.29, 0.717) is 27.8 Å². The summed E-state index contributed by atoms with van der Waals surface area (Å²) in [5.41, 5.74) is 0.346. The zero-order valence-electron chi connectivity index (χ0n) is 24.3. The molecule has 226 valence electrons. The van der Waals surface area contributed by atoms with Crippen molar-refractivity contribution in [2.45, 2.75) is 51.0 Å². The summed E-state index contributed by atoms with van der Waals surface area (Å²) in [5.74, 6) is 0.290. The molecule has 1 aromatic heterocycles. The van der Waals surface area contributed by atoms with Crippen molar-refractivity contribution in [1.29, 1.82) is 0 Å². The zero-order valence-corrected chi connectivity index (χ0v) is 24.3. The van der Waals surface area contributed by atoms with Crippen molar-refractivity contribution >= 4 is 22.6 Å². The first kappa shape index (κ1) is 30.1. The van der Waals surface area contributed by atoms with Crippen LogP contribution in [-0.4, -0.2) is 65.6 Å². The van der Waals surface area contributed by atoms with Gasteiger partial charge in [-0.25, -0.2) is 4.79 Å². The molecule has 0 saturated carbocycles. The number of anilines is 1. The number of amides is 1. The molecular weight excluding hydrogens is 558 g/mol. The highest BCUT2D eigenvalue weighted by atomic mass is 16.7. The lowest BCUT2D eigenvalue weighted by molar-refractivity contribution is -0.306. The molecule has 11 heteroatoms. The fourth-order valence-electron chi connectivity index (χ4n) is 5.29. The molecule has 2 heterocycles. The number of carbonyl (C=O) groups is 1. The standard InChI is InChI=1S/C32H33NO10/c1-16-23(41-31-26(36)25(35)28(40-5)32(2,3)43-31)11-9-18-15-22(30(38)42-27(16)18)33-29(37)19-10-12-24(39-4)21(14-19)17-7-6-8-20(34)13-17/h6-15,25-26,28,31,34-36H,1-5H3,(H,33,37)/t25-,26-,28+,31+/m0/s1. The summed E-state index contributed by atoms with van der Waals surface area (Å²) in [6.45, 7) is 5.11. The predicted molar refractivity (Wildman–Crippen MR) is 158 cm³/mol. The second kappa shape index (κ2) is 11.7. The van der Waals surface area contributed by atoms with E-state index in [0.717, 1.165) is 0 Å². The largest absolute Gasteiger partial charge is 0.508 e. The summed E-state index contributed by atoms with van der Waals surface area (Å²) >= 11 is 0. The van der Waals surface area contributed by atoms with Crippen molar-refractivity contribution in [3.63, 3.8) is 0 Å². The number of nitrogens with one attached hydrogen (secondary N) is 1. The SMILES string of the molecule is COc1ccc(C(=O)Nc2cc3ccc(O[C@@H]4OC(C)(C)[C@H](OC)[C@@H](O)[C@@H]4O)c(C)c3oc2=O)cc1-c1cccc(O)c1. The smallest absolute Gasteiger partial charge is 0.360 e. The maximum Gasteiger partial charge on any atom is 0.360 e. The van der Waals surface area contributed by atoms with Crippen LogP contribution in [0.4, 0.5) is 5.69 Å². The zero-order chi connectivity index (χ0) is 31.1. The van der Waals surface area contributed by atoms with Crippen molar-refractivity contribution in [3.8, 4) is 28.4 Å². The number of benzene rings is 3. The van der Waals surface area contributed by atoms with E-state index in [1.165, 1.54) is 26.4 Å². The minimum Gasteiger partial charge on any atom is -0.508 e. The van der Waals surface area contributed by atoms with Gasteiger partial charge in [0.2, 0.25) is 6.29 Å². The number of hydrogen-bond acceptors (Lipinski definition) is 10. The fraction of sp³-hybridized carbons (Fsp3) is 0.312. The highest BCUT2D eigenvalue weighted by Crippen LogP contribution is 2.36. The van der Waals surface area contributed by atoms with Crippen molar-refractivity contribution in [3.05, 3.63) is 82.2 Å². The topological polar surface area (TPSA) is 157 Å². The van der Waals surface area contributed by atoms with Crippen LogP contribution in [0.15, 0.2) is 69.9 Å². The number of phenols is 1. The van der Waals surface area contributed by atoms with Gasteiger partial charge in [-0.15, -0.1) is 0 Å². The second-order valence-electron chi connectivity index (χ2n) is 10.8. The molecule has 0 aliphatic carbocycles. The molecule has 4 atom stereocenters. The number of carbonyl (C=O) groups excluding carboxylic acids is 1. The van der Waals surface area contributed by atoms with E-state index in [9.17, 15) is 24.9 Å².